The maximum absolute atomic E-state index is 14.4. The molecule has 7 heteroatoms. The first-order chi connectivity index (χ1) is 15.5. The number of carbonyl (C=O) groups is 3. The van der Waals surface area contributed by atoms with Crippen molar-refractivity contribution < 1.29 is 18.8 Å². The second-order valence-corrected chi connectivity index (χ2v) is 8.72. The van der Waals surface area contributed by atoms with Crippen LogP contribution in [0.1, 0.15) is 22.3 Å². The van der Waals surface area contributed by atoms with Crippen molar-refractivity contribution in [3.8, 4) is 0 Å². The number of hydrogen-bond acceptors (Lipinski definition) is 3. The molecule has 1 unspecified atom stereocenters. The molecule has 3 aromatic carbocycles. The number of halogens is 2. The monoisotopic (exact) mass is 542 g/mol. The van der Waals surface area contributed by atoms with Gasteiger partial charge in [-0.1, -0.05) is 42.5 Å². The molecular formula is C25H20FIN2O3. The molecule has 1 fully saturated rings. The van der Waals surface area contributed by atoms with E-state index in [0.717, 1.165) is 14.0 Å². The van der Waals surface area contributed by atoms with Gasteiger partial charge in [0.05, 0.1) is 17.7 Å². The molecule has 1 heterocycles. The van der Waals surface area contributed by atoms with E-state index in [2.05, 4.69) is 22.6 Å². The van der Waals surface area contributed by atoms with Crippen LogP contribution < -0.4 is 4.90 Å². The summed E-state index contributed by atoms with van der Waals surface area (Å²) in [6.07, 6.45) is 0.336. The van der Waals surface area contributed by atoms with Gasteiger partial charge in [0.25, 0.3) is 11.8 Å². The maximum Gasteiger partial charge on any atom is 0.257 e. The SMILES string of the molecule is O=C1CC(N(CCc2ccccc2)C(=O)c2ccccc2F)C(=O)N1c1ccc(I)cc1. The topological polar surface area (TPSA) is 57.7 Å². The van der Waals surface area contributed by atoms with Gasteiger partial charge in [0.15, 0.2) is 0 Å². The highest BCUT2D eigenvalue weighted by Crippen LogP contribution is 2.28. The van der Waals surface area contributed by atoms with Crippen LogP contribution >= 0.6 is 22.6 Å². The summed E-state index contributed by atoms with van der Waals surface area (Å²) in [6.45, 7) is 0.182. The number of carbonyl (C=O) groups excluding carboxylic acids is 3. The van der Waals surface area contributed by atoms with Gasteiger partial charge in [-0.15, -0.1) is 0 Å². The highest BCUT2D eigenvalue weighted by Gasteiger charge is 2.44. The van der Waals surface area contributed by atoms with Crippen molar-refractivity contribution in [2.45, 2.75) is 18.9 Å². The van der Waals surface area contributed by atoms with Crippen molar-refractivity contribution in [2.75, 3.05) is 11.4 Å². The first-order valence-corrected chi connectivity index (χ1v) is 11.3. The second-order valence-electron chi connectivity index (χ2n) is 7.48. The molecule has 0 radical (unpaired) electrons. The molecule has 0 aliphatic carbocycles. The molecule has 5 nitrogen and oxygen atoms in total. The summed E-state index contributed by atoms with van der Waals surface area (Å²) in [7, 11) is 0. The first kappa shape index (κ1) is 22.1. The highest BCUT2D eigenvalue weighted by molar-refractivity contribution is 14.1. The molecule has 0 bridgehead atoms. The zero-order valence-electron chi connectivity index (χ0n) is 17.1. The number of benzene rings is 3. The van der Waals surface area contributed by atoms with Crippen LogP contribution in [0.25, 0.3) is 0 Å². The van der Waals surface area contributed by atoms with Crippen LogP contribution in [0.15, 0.2) is 78.9 Å². The molecule has 162 valence electrons. The van der Waals surface area contributed by atoms with Crippen LogP contribution in [-0.4, -0.2) is 35.2 Å². The summed E-state index contributed by atoms with van der Waals surface area (Å²) >= 11 is 2.14. The Bertz CT molecular complexity index is 1150. The zero-order chi connectivity index (χ0) is 22.7. The number of anilines is 1. The average Bonchev–Trinajstić information content (AvgIpc) is 3.09. The normalized spacial score (nSPS) is 15.8. The van der Waals surface area contributed by atoms with Gasteiger partial charge in [-0.25, -0.2) is 9.29 Å². The van der Waals surface area contributed by atoms with Gasteiger partial charge in [0, 0.05) is 10.1 Å². The molecule has 1 saturated heterocycles. The Kier molecular flexibility index (Phi) is 6.64. The molecule has 0 N–H and O–H groups in total. The van der Waals surface area contributed by atoms with E-state index in [1.54, 1.807) is 30.3 Å². The van der Waals surface area contributed by atoms with E-state index in [0.29, 0.717) is 12.1 Å². The Morgan fingerprint density at radius 3 is 2.31 bits per heavy atom. The predicted octanol–water partition coefficient (Wildman–Crippen LogP) is 4.45. The van der Waals surface area contributed by atoms with E-state index >= 15 is 0 Å². The molecule has 0 aromatic heterocycles. The van der Waals surface area contributed by atoms with Crippen LogP contribution in [0.3, 0.4) is 0 Å². The molecule has 3 aromatic rings. The lowest BCUT2D eigenvalue weighted by Gasteiger charge is -2.28. The number of amides is 3. The van der Waals surface area contributed by atoms with Crippen molar-refractivity contribution in [1.82, 2.24) is 4.90 Å². The Labute approximate surface area is 199 Å². The predicted molar refractivity (Wildman–Crippen MR) is 128 cm³/mol. The lowest BCUT2D eigenvalue weighted by atomic mass is 10.1. The van der Waals surface area contributed by atoms with Crippen molar-refractivity contribution in [1.29, 1.82) is 0 Å². The van der Waals surface area contributed by atoms with Crippen LogP contribution in [-0.2, 0) is 16.0 Å². The molecule has 32 heavy (non-hydrogen) atoms. The Hall–Kier alpha value is -3.07. The van der Waals surface area contributed by atoms with Gasteiger partial charge in [-0.3, -0.25) is 14.4 Å². The van der Waals surface area contributed by atoms with E-state index in [9.17, 15) is 18.8 Å². The first-order valence-electron chi connectivity index (χ1n) is 10.2. The standard InChI is InChI=1S/C25H20FIN2O3/c26-21-9-5-4-8-20(21)24(31)28(15-14-17-6-2-1-3-7-17)22-16-23(30)29(25(22)32)19-12-10-18(27)11-13-19/h1-13,22H,14-16H2. The third-order valence-corrected chi connectivity index (χ3v) is 6.15. The van der Waals surface area contributed by atoms with E-state index in [1.807, 2.05) is 30.3 Å². The van der Waals surface area contributed by atoms with Crippen LogP contribution in [0.5, 0.6) is 0 Å². The van der Waals surface area contributed by atoms with Gasteiger partial charge >= 0.3 is 0 Å². The summed E-state index contributed by atoms with van der Waals surface area (Å²) in [4.78, 5) is 41.8. The van der Waals surface area contributed by atoms with Crippen LogP contribution in [0.4, 0.5) is 10.1 Å². The van der Waals surface area contributed by atoms with Gasteiger partial charge in [-0.05, 0) is 71.0 Å². The third-order valence-electron chi connectivity index (χ3n) is 5.43. The zero-order valence-corrected chi connectivity index (χ0v) is 19.2. The van der Waals surface area contributed by atoms with Gasteiger partial charge in [-0.2, -0.15) is 0 Å². The largest absolute Gasteiger partial charge is 0.326 e. The smallest absolute Gasteiger partial charge is 0.257 e. The second kappa shape index (κ2) is 9.60. The van der Waals surface area contributed by atoms with Crippen molar-refractivity contribution in [3.05, 3.63) is 99.4 Å². The van der Waals surface area contributed by atoms with Crippen molar-refractivity contribution >= 4 is 46.0 Å². The molecule has 0 spiro atoms. The third kappa shape index (κ3) is 4.57. The van der Waals surface area contributed by atoms with Crippen LogP contribution in [0, 0.1) is 9.39 Å². The highest BCUT2D eigenvalue weighted by atomic mass is 127. The minimum absolute atomic E-state index is 0.117. The number of rotatable bonds is 6. The number of imide groups is 1. The lowest BCUT2D eigenvalue weighted by Crippen LogP contribution is -2.46. The molecule has 1 aliphatic heterocycles. The average molecular weight is 542 g/mol. The lowest BCUT2D eigenvalue weighted by molar-refractivity contribution is -0.122. The summed E-state index contributed by atoms with van der Waals surface area (Å²) in [6, 6.07) is 21.2. The van der Waals surface area contributed by atoms with Crippen molar-refractivity contribution in [3.63, 3.8) is 0 Å². The van der Waals surface area contributed by atoms with Crippen LogP contribution in [0.2, 0.25) is 0 Å². The fourth-order valence-electron chi connectivity index (χ4n) is 3.80. The Morgan fingerprint density at radius 2 is 1.62 bits per heavy atom. The molecule has 4 rings (SSSR count). The van der Waals surface area contributed by atoms with E-state index < -0.39 is 23.7 Å². The van der Waals surface area contributed by atoms with E-state index in [1.165, 1.54) is 23.1 Å². The van der Waals surface area contributed by atoms with Gasteiger partial charge < -0.3 is 4.90 Å². The quantitative estimate of drug-likeness (QED) is 0.342. The Balaban J connectivity index is 1.65. The molecule has 1 atom stereocenters. The minimum atomic E-state index is -0.988. The van der Waals surface area contributed by atoms with Gasteiger partial charge in [0.2, 0.25) is 5.91 Å². The fraction of sp³-hybridized carbons (Fsp3) is 0.160. The van der Waals surface area contributed by atoms with E-state index in [4.69, 9.17) is 0 Å². The molecule has 1 aliphatic rings. The van der Waals surface area contributed by atoms with E-state index in [-0.39, 0.29) is 24.4 Å². The van der Waals surface area contributed by atoms with Gasteiger partial charge in [0.1, 0.15) is 11.9 Å². The summed E-state index contributed by atoms with van der Waals surface area (Å²) < 4.78 is 15.4. The number of nitrogens with zero attached hydrogens (tertiary/aromatic N) is 2. The minimum Gasteiger partial charge on any atom is -0.326 e. The molecular weight excluding hydrogens is 522 g/mol. The summed E-state index contributed by atoms with van der Waals surface area (Å²) in [5.41, 5.74) is 1.32. The maximum atomic E-state index is 14.4. The summed E-state index contributed by atoms with van der Waals surface area (Å²) in [5.74, 6) is -2.12. The molecule has 3 amide bonds. The van der Waals surface area contributed by atoms with Crippen molar-refractivity contribution in [2.24, 2.45) is 0 Å². The molecule has 0 saturated carbocycles. The number of hydrogen-bond donors (Lipinski definition) is 0. The Morgan fingerprint density at radius 1 is 0.969 bits per heavy atom. The summed E-state index contributed by atoms with van der Waals surface area (Å²) in [5, 5.41) is 0. The fourth-order valence-corrected chi connectivity index (χ4v) is 4.16.